The van der Waals surface area contributed by atoms with Gasteiger partial charge in [-0.1, -0.05) is 29.5 Å². The third-order valence-electron chi connectivity index (χ3n) is 12.5. The van der Waals surface area contributed by atoms with Gasteiger partial charge in [-0.15, -0.1) is 16.9 Å². The Balaban J connectivity index is 0.00000121. The summed E-state index contributed by atoms with van der Waals surface area (Å²) in [5, 5.41) is 33.9. The third-order valence-corrected chi connectivity index (χ3v) is 13.8. The number of hydrogen-bond acceptors (Lipinski definition) is 15. The molecule has 18 nitrogen and oxygen atoms in total. The molecule has 2 bridgehead atoms. The molecule has 19 heteroatoms. The maximum absolute atomic E-state index is 14.2. The smallest absolute Gasteiger partial charge is 0.303 e. The Morgan fingerprint density at radius 1 is 0.853 bits per heavy atom. The van der Waals surface area contributed by atoms with E-state index >= 15 is 0 Å². The summed E-state index contributed by atoms with van der Waals surface area (Å²) in [7, 11) is 6.06. The molecular formula is C49H59N9O9S. The van der Waals surface area contributed by atoms with Gasteiger partial charge in [0.25, 0.3) is 5.91 Å². The number of carbonyl (C=O) groups excluding carboxylic acids is 4. The van der Waals surface area contributed by atoms with Gasteiger partial charge < -0.3 is 52.8 Å². The second-order valence-corrected chi connectivity index (χ2v) is 18.4. The minimum atomic E-state index is -0.982. The van der Waals surface area contributed by atoms with Gasteiger partial charge in [0.15, 0.2) is 6.10 Å². The maximum Gasteiger partial charge on any atom is 0.303 e. The summed E-state index contributed by atoms with van der Waals surface area (Å²) < 4.78 is 21.3. The Morgan fingerprint density at radius 3 is 2.07 bits per heavy atom. The molecule has 0 saturated carbocycles. The molecule has 0 N–H and O–H groups in total. The van der Waals surface area contributed by atoms with Crippen molar-refractivity contribution in [1.29, 1.82) is 0 Å². The number of piperazine rings is 3. The van der Waals surface area contributed by atoms with Crippen LogP contribution in [-0.2, 0) is 30.5 Å². The number of carboxylic acid groups (broad SMARTS) is 2. The largest absolute Gasteiger partial charge is 0.554 e. The van der Waals surface area contributed by atoms with E-state index in [-0.39, 0.29) is 5.91 Å². The molecule has 0 unspecified atom stereocenters. The van der Waals surface area contributed by atoms with Crippen LogP contribution in [-0.4, -0.2) is 146 Å². The van der Waals surface area contributed by atoms with E-state index in [2.05, 4.69) is 45.7 Å². The quantitative estimate of drug-likeness (QED) is 0.0424. The van der Waals surface area contributed by atoms with E-state index in [1.54, 1.807) is 12.0 Å². The molecular weight excluding hydrogens is 891 g/mol. The number of ether oxygens (including phenoxy) is 3. The Kier molecular flexibility index (Phi) is 18.2. The van der Waals surface area contributed by atoms with Crippen molar-refractivity contribution >= 4 is 53.6 Å². The van der Waals surface area contributed by atoms with Crippen LogP contribution < -0.4 is 24.6 Å². The summed E-state index contributed by atoms with van der Waals surface area (Å²) in [4.78, 5) is 47.9. The van der Waals surface area contributed by atoms with Crippen LogP contribution in [0.5, 0.6) is 11.5 Å². The normalized spacial score (nSPS) is 20.5. The molecule has 2 atom stereocenters. The molecule has 5 aromatic rings. The van der Waals surface area contributed by atoms with Crippen molar-refractivity contribution < 1.29 is 52.6 Å². The lowest BCUT2D eigenvalue weighted by Crippen LogP contribution is -2.73. The first-order chi connectivity index (χ1) is 32.9. The molecule has 4 aliphatic heterocycles. The number of hydrogen-bond donors (Lipinski definition) is 0. The minimum absolute atomic E-state index is 0.233. The molecule has 0 aliphatic carbocycles. The number of fused-ring (bicyclic) bond motifs is 4. The average molecular weight is 950 g/mol. The summed E-state index contributed by atoms with van der Waals surface area (Å²) >= 11 is 1.54. The summed E-state index contributed by atoms with van der Waals surface area (Å²) in [5.41, 5.74) is 5.19. The predicted molar refractivity (Wildman–Crippen MR) is 252 cm³/mol. The number of carbonyl (C=O) groups is 4. The van der Waals surface area contributed by atoms with Gasteiger partial charge in [0, 0.05) is 37.9 Å². The number of para-hydroxylation sites is 1. The number of likely N-dealkylation sites (N-methyl/N-ethyl adjacent to an activating group) is 2. The molecule has 3 fully saturated rings. The number of rotatable bonds is 17. The fourth-order valence-corrected chi connectivity index (χ4v) is 9.82. The molecule has 1 amide bonds. The number of benzene rings is 4. The second-order valence-electron chi connectivity index (χ2n) is 17.2. The number of nitrogens with zero attached hydrogens (tertiary/aromatic N) is 9. The Morgan fingerprint density at radius 2 is 1.46 bits per heavy atom. The maximum atomic E-state index is 14.2. The molecule has 5 heterocycles. The third kappa shape index (κ3) is 13.7. The summed E-state index contributed by atoms with van der Waals surface area (Å²) in [6.45, 7) is 11.2. The highest BCUT2D eigenvalue weighted by Crippen LogP contribution is 2.47. The summed E-state index contributed by atoms with van der Waals surface area (Å²) in [5.74, 6) is 0.772. The van der Waals surface area contributed by atoms with Crippen molar-refractivity contribution in [3.63, 3.8) is 0 Å². The monoisotopic (exact) mass is 949 g/mol. The number of quaternary nitrogens is 2. The van der Waals surface area contributed by atoms with Gasteiger partial charge in [-0.3, -0.25) is 9.59 Å². The van der Waals surface area contributed by atoms with Gasteiger partial charge in [0.2, 0.25) is 0 Å². The predicted octanol–water partition coefficient (Wildman–Crippen LogP) is 4.12. The van der Waals surface area contributed by atoms with E-state index in [9.17, 15) is 9.59 Å². The van der Waals surface area contributed by atoms with Crippen molar-refractivity contribution in [3.8, 4) is 17.2 Å². The Bertz CT molecular complexity index is 2420. The van der Waals surface area contributed by atoms with Crippen LogP contribution in [0.3, 0.4) is 0 Å². The molecule has 360 valence electrons. The number of thioether (sulfide) groups is 1. The van der Waals surface area contributed by atoms with Crippen LogP contribution in [0.15, 0.2) is 118 Å². The van der Waals surface area contributed by atoms with E-state index in [4.69, 9.17) is 34.0 Å². The van der Waals surface area contributed by atoms with Gasteiger partial charge in [0.1, 0.15) is 63.0 Å². The van der Waals surface area contributed by atoms with Crippen molar-refractivity contribution in [2.75, 3.05) is 91.6 Å². The van der Waals surface area contributed by atoms with E-state index in [1.807, 2.05) is 102 Å². The fourth-order valence-electron chi connectivity index (χ4n) is 8.50. The van der Waals surface area contributed by atoms with Crippen molar-refractivity contribution in [1.82, 2.24) is 19.9 Å². The molecule has 1 aromatic heterocycles. The number of unbranched alkanes of at least 4 members (excludes halogenated alkanes) is 1. The summed E-state index contributed by atoms with van der Waals surface area (Å²) in [6.07, 6.45) is 2.88. The van der Waals surface area contributed by atoms with Crippen LogP contribution >= 0.6 is 11.8 Å². The van der Waals surface area contributed by atoms with E-state index in [0.717, 1.165) is 75.1 Å². The van der Waals surface area contributed by atoms with Crippen LogP contribution in [0.2, 0.25) is 0 Å². The number of anilines is 1. The summed E-state index contributed by atoms with van der Waals surface area (Å²) in [6, 6.07) is 31.0. The molecule has 68 heavy (non-hydrogen) atoms. The highest BCUT2D eigenvalue weighted by molar-refractivity contribution is 7.99. The number of esters is 1. The van der Waals surface area contributed by atoms with Gasteiger partial charge in [-0.25, -0.2) is 4.68 Å². The zero-order valence-corrected chi connectivity index (χ0v) is 39.7. The average Bonchev–Trinajstić information content (AvgIpc) is 3.77. The van der Waals surface area contributed by atoms with Crippen LogP contribution in [0.1, 0.15) is 36.3 Å². The van der Waals surface area contributed by atoms with Crippen LogP contribution in [0, 0.1) is 0 Å². The van der Waals surface area contributed by atoms with E-state index in [0.29, 0.717) is 25.4 Å². The molecule has 3 saturated heterocycles. The molecule has 4 aliphatic rings. The molecule has 4 aromatic carbocycles. The van der Waals surface area contributed by atoms with Crippen molar-refractivity contribution in [2.45, 2.75) is 42.6 Å². The lowest BCUT2D eigenvalue weighted by molar-refractivity contribution is -1.08. The first-order valence-corrected chi connectivity index (χ1v) is 23.3. The Labute approximate surface area is 400 Å². The first-order valence-electron chi connectivity index (χ1n) is 22.4. The number of amides is 1. The molecule has 0 radical (unpaired) electrons. The first kappa shape index (κ1) is 50.7. The Hall–Kier alpha value is -6.67. The van der Waals surface area contributed by atoms with E-state index < -0.39 is 30.3 Å². The number of azo groups is 1. The van der Waals surface area contributed by atoms with Gasteiger partial charge >= 0.3 is 5.97 Å². The SMILES string of the molecule is COc1ccc([C@@H]2Sc3ccccc3N(CCN(C)CCCCOc3ccc(N=Nc4ccc(-n5cc(C[N+]67CC[N+](C)(CC6)CC7)nn5)cc4)cc3)C(=O)[C@@H]2OC(C)=O)cc1.O=C[O-].O=C[O-]. The zero-order chi connectivity index (χ0) is 48.5. The standard InChI is InChI=1S/C47H57N9O5S.2CH2O2/c1-35(57)61-45-46(36-11-19-41(59-4)20-12-36)62-44-10-6-5-9-43(44)53(47(45)58)25-24-52(2)23-7-8-32-60-42-21-15-38(16-22-42)49-48-37-13-17-40(18-14-37)54-33-39(50-51-54)34-56-29-26-55(3,27-30-56)28-31-56;2*2-1-3/h5-6,9-22,33,45-46H,7-8,23-32,34H2,1-4H3;2*1H,(H,2,3)/q+2;;/p-2/t45-,46+,55?,56?;;/m1../s1. The van der Waals surface area contributed by atoms with Gasteiger partial charge in [-0.2, -0.15) is 10.2 Å². The van der Waals surface area contributed by atoms with E-state index in [1.165, 1.54) is 62.4 Å². The lowest BCUT2D eigenvalue weighted by atomic mass is 10.1. The number of methoxy groups -OCH3 is 1. The van der Waals surface area contributed by atoms with Crippen LogP contribution in [0.4, 0.5) is 17.1 Å². The highest BCUT2D eigenvalue weighted by atomic mass is 32.2. The minimum Gasteiger partial charge on any atom is -0.554 e. The zero-order valence-electron chi connectivity index (χ0n) is 38.9. The molecule has 0 spiro atoms. The second kappa shape index (κ2) is 24.4. The van der Waals surface area contributed by atoms with Crippen LogP contribution in [0.25, 0.3) is 5.69 Å². The number of aromatic nitrogens is 3. The highest BCUT2D eigenvalue weighted by Gasteiger charge is 2.47. The van der Waals surface area contributed by atoms with Gasteiger partial charge in [0.05, 0.1) is 55.0 Å². The van der Waals surface area contributed by atoms with Crippen molar-refractivity contribution in [2.24, 2.45) is 10.2 Å². The van der Waals surface area contributed by atoms with Gasteiger partial charge in [-0.05, 0) is 105 Å². The molecule has 9 rings (SSSR count). The topological polar surface area (TPSA) is 204 Å². The fraction of sp³-hybridized carbons (Fsp3) is 0.388. The lowest BCUT2D eigenvalue weighted by Gasteiger charge is -2.53. The van der Waals surface area contributed by atoms with Crippen molar-refractivity contribution in [3.05, 3.63) is 115 Å².